The Balaban J connectivity index is 0.000000236. The normalized spacial score (nSPS) is 12.3. The van der Waals surface area contributed by atoms with Crippen molar-refractivity contribution in [3.05, 3.63) is 119 Å². The van der Waals surface area contributed by atoms with Crippen molar-refractivity contribution < 1.29 is 62.2 Å². The van der Waals surface area contributed by atoms with E-state index in [0.29, 0.717) is 0 Å². The van der Waals surface area contributed by atoms with E-state index in [4.69, 9.17) is 9.47 Å². The zero-order valence-electron chi connectivity index (χ0n) is 21.5. The van der Waals surface area contributed by atoms with Gasteiger partial charge in [0.25, 0.3) is 0 Å². The first-order valence-corrected chi connectivity index (χ1v) is 11.8. The Kier molecular flexibility index (Phi) is 9.62. The van der Waals surface area contributed by atoms with Crippen LogP contribution in [-0.2, 0) is 24.7 Å². The highest BCUT2D eigenvalue weighted by Gasteiger charge is 2.37. The fourth-order valence-corrected chi connectivity index (χ4v) is 3.54. The Hall–Kier alpha value is -4.36. The van der Waals surface area contributed by atoms with Gasteiger partial charge in [0, 0.05) is 0 Å². The van der Waals surface area contributed by atoms with Gasteiger partial charge in [-0.05, 0) is 67.1 Å². The molecule has 0 unspecified atom stereocenters. The van der Waals surface area contributed by atoms with Gasteiger partial charge in [-0.15, -0.1) is 0 Å². The summed E-state index contributed by atoms with van der Waals surface area (Å²) in [5.41, 5.74) is -4.10. The van der Waals surface area contributed by atoms with Crippen LogP contribution in [0.3, 0.4) is 0 Å². The summed E-state index contributed by atoms with van der Waals surface area (Å²) in [6, 6.07) is 15.4. The Morgan fingerprint density at radius 2 is 0.884 bits per heavy atom. The molecule has 0 fully saturated rings. The number of ether oxygens (including phenoxy) is 2. The first-order valence-electron chi connectivity index (χ1n) is 11.8. The molecule has 0 aromatic heterocycles. The van der Waals surface area contributed by atoms with Crippen molar-refractivity contribution >= 4 is 0 Å². The molecule has 0 spiro atoms. The van der Waals surface area contributed by atoms with Crippen LogP contribution < -0.4 is 9.47 Å². The fraction of sp³-hybridized carbons (Fsp3) is 0.172. The maximum Gasteiger partial charge on any atom is 0.419 e. The van der Waals surface area contributed by atoms with Gasteiger partial charge in [0.1, 0.15) is 23.0 Å². The quantitative estimate of drug-likeness (QED) is 0.210. The molecule has 0 radical (unpaired) electrons. The summed E-state index contributed by atoms with van der Waals surface area (Å²) < 4.78 is 163. The van der Waals surface area contributed by atoms with Gasteiger partial charge in [-0.3, -0.25) is 0 Å². The average molecular weight is 626 g/mol. The Bertz CT molecular complexity index is 1480. The molecule has 230 valence electrons. The molecule has 4 aromatic carbocycles. The molecular weight excluding hydrogens is 608 g/mol. The van der Waals surface area contributed by atoms with Crippen molar-refractivity contribution in [2.24, 2.45) is 0 Å². The van der Waals surface area contributed by atoms with Crippen molar-refractivity contribution in [3.63, 3.8) is 0 Å². The van der Waals surface area contributed by atoms with E-state index in [1.165, 1.54) is 37.3 Å². The summed E-state index contributed by atoms with van der Waals surface area (Å²) in [5, 5.41) is 0. The van der Waals surface area contributed by atoms with Crippen LogP contribution in [0.4, 0.5) is 52.7 Å². The fourth-order valence-electron chi connectivity index (χ4n) is 3.54. The highest BCUT2D eigenvalue weighted by molar-refractivity contribution is 5.44. The lowest BCUT2D eigenvalue weighted by Gasteiger charge is -2.16. The van der Waals surface area contributed by atoms with Crippen molar-refractivity contribution in [1.29, 1.82) is 0 Å². The molecule has 0 saturated carbocycles. The molecule has 4 rings (SSSR count). The lowest BCUT2D eigenvalue weighted by molar-refractivity contribution is -0.140. The lowest BCUT2D eigenvalue weighted by Crippen LogP contribution is -2.09. The van der Waals surface area contributed by atoms with Gasteiger partial charge < -0.3 is 9.47 Å². The Morgan fingerprint density at radius 3 is 1.35 bits per heavy atom. The number of alkyl halides is 12. The highest BCUT2D eigenvalue weighted by atomic mass is 19.4. The van der Waals surface area contributed by atoms with E-state index in [-0.39, 0.29) is 17.1 Å². The van der Waals surface area contributed by atoms with Crippen molar-refractivity contribution in [3.8, 4) is 23.0 Å². The second kappa shape index (κ2) is 12.5. The molecule has 0 aliphatic carbocycles. The molecule has 0 N–H and O–H groups in total. The molecule has 4 aromatic rings. The number of aryl methyl sites for hydroxylation is 1. The van der Waals surface area contributed by atoms with E-state index >= 15 is 0 Å². The monoisotopic (exact) mass is 626 g/mol. The zero-order chi connectivity index (χ0) is 32.2. The zero-order valence-corrected chi connectivity index (χ0v) is 21.5. The van der Waals surface area contributed by atoms with Crippen LogP contribution in [0.15, 0.2) is 91.0 Å². The van der Waals surface area contributed by atoms with E-state index < -0.39 is 58.5 Å². The third-order valence-corrected chi connectivity index (χ3v) is 5.52. The summed E-state index contributed by atoms with van der Waals surface area (Å²) in [5.74, 6) is -1.73. The average Bonchev–Trinajstić information content (AvgIpc) is 2.89. The number of hydrogen-bond donors (Lipinski definition) is 0. The maximum absolute atomic E-state index is 12.8. The van der Waals surface area contributed by atoms with E-state index in [9.17, 15) is 52.7 Å². The largest absolute Gasteiger partial charge is 0.457 e. The van der Waals surface area contributed by atoms with E-state index in [2.05, 4.69) is 0 Å². The first-order chi connectivity index (χ1) is 19.8. The SMILES string of the molecule is Cc1ccc(Oc2cccc(C(F)(F)F)c2)cc1C(F)(F)F.FC(F)(F)c1ccccc1Oc1ccccc1C(F)(F)F. The van der Waals surface area contributed by atoms with Gasteiger partial charge in [0.15, 0.2) is 0 Å². The van der Waals surface area contributed by atoms with Crippen molar-refractivity contribution in [1.82, 2.24) is 0 Å². The van der Waals surface area contributed by atoms with Gasteiger partial charge in [0.2, 0.25) is 0 Å². The number of benzene rings is 4. The standard InChI is InChI=1S/C15H10F6O.C14H8F6O/c1-9-5-6-12(8-13(9)15(19,20)21)22-11-4-2-3-10(7-11)14(16,17)18;15-13(16,17)9-5-1-3-7-11(9)21-12-8-4-2-6-10(12)14(18,19)20/h2-8H,1H3;1-8H. The smallest absolute Gasteiger partial charge is 0.419 e. The second-order valence-electron chi connectivity index (χ2n) is 8.69. The molecule has 0 bridgehead atoms. The van der Waals surface area contributed by atoms with Crippen LogP contribution in [-0.4, -0.2) is 0 Å². The minimum atomic E-state index is -4.72. The molecule has 0 aliphatic rings. The Morgan fingerprint density at radius 1 is 0.419 bits per heavy atom. The van der Waals surface area contributed by atoms with Crippen LogP contribution in [0.5, 0.6) is 23.0 Å². The molecule has 0 atom stereocenters. The van der Waals surface area contributed by atoms with Crippen LogP contribution in [0, 0.1) is 6.92 Å². The summed E-state index contributed by atoms with van der Waals surface area (Å²) >= 11 is 0. The summed E-state index contributed by atoms with van der Waals surface area (Å²) in [4.78, 5) is 0. The first kappa shape index (κ1) is 33.1. The number of para-hydroxylation sites is 2. The minimum absolute atomic E-state index is 0.00360. The molecular formula is C29H18F12O2. The van der Waals surface area contributed by atoms with Gasteiger partial charge in [-0.25, -0.2) is 0 Å². The topological polar surface area (TPSA) is 18.5 Å². The van der Waals surface area contributed by atoms with Gasteiger partial charge in [-0.1, -0.05) is 36.4 Å². The summed E-state index contributed by atoms with van der Waals surface area (Å²) in [7, 11) is 0. The predicted octanol–water partition coefficient (Wildman–Crippen LogP) is 11.3. The summed E-state index contributed by atoms with van der Waals surface area (Å²) in [6.07, 6.45) is -18.5. The van der Waals surface area contributed by atoms with Gasteiger partial charge in [0.05, 0.1) is 22.3 Å². The lowest BCUT2D eigenvalue weighted by atomic mass is 10.1. The molecule has 0 amide bonds. The van der Waals surface area contributed by atoms with Crippen LogP contribution in [0.1, 0.15) is 27.8 Å². The van der Waals surface area contributed by atoms with Crippen LogP contribution in [0.25, 0.3) is 0 Å². The van der Waals surface area contributed by atoms with Gasteiger partial charge in [-0.2, -0.15) is 52.7 Å². The number of hydrogen-bond acceptors (Lipinski definition) is 2. The molecule has 0 heterocycles. The second-order valence-corrected chi connectivity index (χ2v) is 8.69. The van der Waals surface area contributed by atoms with E-state index in [1.54, 1.807) is 0 Å². The maximum atomic E-state index is 12.8. The van der Waals surface area contributed by atoms with Crippen LogP contribution in [0.2, 0.25) is 0 Å². The molecule has 2 nitrogen and oxygen atoms in total. The van der Waals surface area contributed by atoms with Gasteiger partial charge >= 0.3 is 24.7 Å². The number of rotatable bonds is 4. The minimum Gasteiger partial charge on any atom is -0.457 e. The molecule has 43 heavy (non-hydrogen) atoms. The van der Waals surface area contributed by atoms with Crippen LogP contribution >= 0.6 is 0 Å². The molecule has 0 saturated heterocycles. The highest BCUT2D eigenvalue weighted by Crippen LogP contribution is 2.42. The van der Waals surface area contributed by atoms with Crippen molar-refractivity contribution in [2.45, 2.75) is 31.6 Å². The third kappa shape index (κ3) is 9.06. The van der Waals surface area contributed by atoms with E-state index in [1.807, 2.05) is 0 Å². The summed E-state index contributed by atoms with van der Waals surface area (Å²) in [6.45, 7) is 1.29. The van der Waals surface area contributed by atoms with E-state index in [0.717, 1.165) is 60.7 Å². The predicted molar refractivity (Wildman–Crippen MR) is 131 cm³/mol. The molecule has 0 aliphatic heterocycles. The molecule has 14 heteroatoms. The third-order valence-electron chi connectivity index (χ3n) is 5.52. The number of halogens is 12. The Labute approximate surface area is 236 Å². The van der Waals surface area contributed by atoms with Crippen molar-refractivity contribution in [2.75, 3.05) is 0 Å².